The van der Waals surface area contributed by atoms with E-state index >= 15 is 0 Å². The SMILES string of the molecule is N=C(/N=C\Nc1ccc(OC(F)(F)F)cc1)c1ccc(C2CC2NC(=O)Oc2ccccc2C2CCCC2)cc1. The summed E-state index contributed by atoms with van der Waals surface area (Å²) in [7, 11) is 0. The second-order valence-corrected chi connectivity index (χ2v) is 9.95. The fourth-order valence-electron chi connectivity index (χ4n) is 5.04. The molecule has 2 aliphatic carbocycles. The number of rotatable bonds is 8. The van der Waals surface area contributed by atoms with Crippen LogP contribution in [0, 0.1) is 5.41 Å². The minimum atomic E-state index is -4.75. The molecule has 3 aromatic rings. The van der Waals surface area contributed by atoms with Gasteiger partial charge in [-0.05, 0) is 66.6 Å². The summed E-state index contributed by atoms with van der Waals surface area (Å²) < 4.78 is 46.3. The summed E-state index contributed by atoms with van der Waals surface area (Å²) in [4.78, 5) is 16.6. The van der Waals surface area contributed by atoms with Crippen LogP contribution in [0.1, 0.15) is 60.6 Å². The fourth-order valence-corrected chi connectivity index (χ4v) is 5.04. The molecule has 2 saturated carbocycles. The number of hydrogen-bond donors (Lipinski definition) is 3. The highest BCUT2D eigenvalue weighted by Gasteiger charge is 2.40. The van der Waals surface area contributed by atoms with Gasteiger partial charge in [-0.15, -0.1) is 13.2 Å². The quantitative estimate of drug-likeness (QED) is 0.202. The Balaban J connectivity index is 1.09. The number of amidine groups is 1. The average Bonchev–Trinajstić information content (AvgIpc) is 3.46. The van der Waals surface area contributed by atoms with E-state index < -0.39 is 12.5 Å². The summed E-state index contributed by atoms with van der Waals surface area (Å²) >= 11 is 0. The lowest BCUT2D eigenvalue weighted by atomic mass is 9.97. The van der Waals surface area contributed by atoms with Crippen LogP contribution in [0.15, 0.2) is 77.8 Å². The van der Waals surface area contributed by atoms with E-state index in [1.165, 1.54) is 43.4 Å². The Labute approximate surface area is 229 Å². The molecule has 0 aromatic heterocycles. The van der Waals surface area contributed by atoms with E-state index in [0.717, 1.165) is 30.4 Å². The minimum Gasteiger partial charge on any atom is -0.410 e. The molecule has 0 radical (unpaired) electrons. The van der Waals surface area contributed by atoms with Crippen molar-refractivity contribution in [1.82, 2.24) is 5.32 Å². The van der Waals surface area contributed by atoms with Crippen LogP contribution in [0.25, 0.3) is 0 Å². The lowest BCUT2D eigenvalue weighted by Gasteiger charge is -2.15. The van der Waals surface area contributed by atoms with Gasteiger partial charge >= 0.3 is 12.5 Å². The van der Waals surface area contributed by atoms with E-state index in [1.54, 1.807) is 12.1 Å². The summed E-state index contributed by atoms with van der Waals surface area (Å²) in [6.07, 6.45) is 1.58. The molecule has 0 spiro atoms. The Morgan fingerprint density at radius 3 is 2.38 bits per heavy atom. The standard InChI is InChI=1S/C30H29F3N4O3/c31-30(32,33)40-23-15-13-22(14-16-23)35-18-36-28(34)21-11-9-20(10-12-21)25-17-26(25)37-29(38)39-27-8-4-3-7-24(27)19-5-1-2-6-19/h3-4,7-16,18-19,25-26H,1-2,5-6,17H2,(H,37,38)(H2,34,35,36). The second-order valence-electron chi connectivity index (χ2n) is 9.95. The van der Waals surface area contributed by atoms with Gasteiger partial charge in [0.1, 0.15) is 11.5 Å². The molecule has 0 saturated heterocycles. The highest BCUT2D eigenvalue weighted by Crippen LogP contribution is 2.41. The van der Waals surface area contributed by atoms with Crippen LogP contribution in [-0.2, 0) is 0 Å². The molecule has 208 valence electrons. The smallest absolute Gasteiger partial charge is 0.410 e. The van der Waals surface area contributed by atoms with E-state index in [9.17, 15) is 18.0 Å². The molecule has 3 N–H and O–H groups in total. The van der Waals surface area contributed by atoms with Crippen LogP contribution in [0.2, 0.25) is 0 Å². The van der Waals surface area contributed by atoms with Crippen molar-refractivity contribution in [1.29, 1.82) is 5.41 Å². The number of nitrogens with zero attached hydrogens (tertiary/aromatic N) is 1. The first kappa shape index (κ1) is 27.2. The van der Waals surface area contributed by atoms with Gasteiger partial charge in [-0.3, -0.25) is 5.41 Å². The van der Waals surface area contributed by atoms with Crippen molar-refractivity contribution >= 4 is 24.0 Å². The maximum absolute atomic E-state index is 12.6. The number of para-hydroxylation sites is 1. The first-order valence-electron chi connectivity index (χ1n) is 13.2. The number of halogens is 3. The molecule has 10 heteroatoms. The Morgan fingerprint density at radius 1 is 0.975 bits per heavy atom. The number of amides is 1. The molecule has 40 heavy (non-hydrogen) atoms. The van der Waals surface area contributed by atoms with Crippen molar-refractivity contribution in [3.63, 3.8) is 0 Å². The Kier molecular flexibility index (Phi) is 8.04. The van der Waals surface area contributed by atoms with Crippen molar-refractivity contribution < 1.29 is 27.4 Å². The number of carbonyl (C=O) groups excluding carboxylic acids is 1. The lowest BCUT2D eigenvalue weighted by Crippen LogP contribution is -2.30. The second kappa shape index (κ2) is 11.8. The van der Waals surface area contributed by atoms with Crippen molar-refractivity contribution in [2.75, 3.05) is 5.32 Å². The molecule has 2 atom stereocenters. The molecule has 3 aromatic carbocycles. The number of nitrogens with one attached hydrogen (secondary N) is 3. The molecule has 2 unspecified atom stereocenters. The molecule has 0 aliphatic heterocycles. The van der Waals surface area contributed by atoms with Crippen LogP contribution in [0.4, 0.5) is 23.7 Å². The van der Waals surface area contributed by atoms with Crippen molar-refractivity contribution in [2.45, 2.75) is 56.3 Å². The van der Waals surface area contributed by atoms with Gasteiger partial charge in [-0.1, -0.05) is 55.3 Å². The lowest BCUT2D eigenvalue weighted by molar-refractivity contribution is -0.274. The minimum absolute atomic E-state index is 0.00779. The molecule has 2 fully saturated rings. The predicted molar refractivity (Wildman–Crippen MR) is 146 cm³/mol. The highest BCUT2D eigenvalue weighted by atomic mass is 19.4. The zero-order chi connectivity index (χ0) is 28.1. The van der Waals surface area contributed by atoms with Gasteiger partial charge in [0, 0.05) is 23.2 Å². The van der Waals surface area contributed by atoms with E-state index in [-0.39, 0.29) is 23.5 Å². The molecule has 5 rings (SSSR count). The Hall–Kier alpha value is -4.34. The van der Waals surface area contributed by atoms with Gasteiger partial charge in [-0.25, -0.2) is 9.79 Å². The average molecular weight is 551 g/mol. The predicted octanol–water partition coefficient (Wildman–Crippen LogP) is 7.35. The summed E-state index contributed by atoms with van der Waals surface area (Å²) in [5.74, 6) is 0.955. The number of aliphatic imine (C=N–C) groups is 1. The monoisotopic (exact) mass is 550 g/mol. The third-order valence-corrected chi connectivity index (χ3v) is 7.14. The third kappa shape index (κ3) is 7.19. The molecule has 7 nitrogen and oxygen atoms in total. The third-order valence-electron chi connectivity index (χ3n) is 7.14. The van der Waals surface area contributed by atoms with E-state index in [4.69, 9.17) is 10.1 Å². The van der Waals surface area contributed by atoms with Gasteiger partial charge in [-0.2, -0.15) is 0 Å². The van der Waals surface area contributed by atoms with Crippen molar-refractivity contribution in [3.8, 4) is 11.5 Å². The van der Waals surface area contributed by atoms with Crippen LogP contribution in [-0.4, -0.2) is 30.7 Å². The van der Waals surface area contributed by atoms with E-state index in [1.807, 2.05) is 36.4 Å². The normalized spacial score (nSPS) is 18.9. The van der Waals surface area contributed by atoms with Crippen LogP contribution < -0.4 is 20.1 Å². The number of alkyl halides is 3. The number of anilines is 1. The highest BCUT2D eigenvalue weighted by molar-refractivity contribution is 6.02. The Bertz CT molecular complexity index is 1370. The van der Waals surface area contributed by atoms with Gasteiger partial charge in [0.15, 0.2) is 5.84 Å². The van der Waals surface area contributed by atoms with Gasteiger partial charge < -0.3 is 20.1 Å². The number of carbonyl (C=O) groups is 1. The van der Waals surface area contributed by atoms with Gasteiger partial charge in [0.05, 0.1) is 6.34 Å². The number of hydrogen-bond acceptors (Lipinski definition) is 4. The maximum atomic E-state index is 12.6. The summed E-state index contributed by atoms with van der Waals surface area (Å²) in [6, 6.07) is 20.4. The molecule has 0 bridgehead atoms. The van der Waals surface area contributed by atoms with Crippen LogP contribution >= 0.6 is 0 Å². The largest absolute Gasteiger partial charge is 0.573 e. The van der Waals surface area contributed by atoms with Crippen molar-refractivity contribution in [3.05, 3.63) is 89.5 Å². The molecule has 0 heterocycles. The van der Waals surface area contributed by atoms with Crippen LogP contribution in [0.3, 0.4) is 0 Å². The summed E-state index contributed by atoms with van der Waals surface area (Å²) in [5, 5.41) is 14.0. The summed E-state index contributed by atoms with van der Waals surface area (Å²) in [5.41, 5.74) is 3.25. The van der Waals surface area contributed by atoms with Gasteiger partial charge in [0.2, 0.25) is 0 Å². The van der Waals surface area contributed by atoms with E-state index in [2.05, 4.69) is 20.4 Å². The summed E-state index contributed by atoms with van der Waals surface area (Å²) in [6.45, 7) is 0. The van der Waals surface area contributed by atoms with Crippen LogP contribution in [0.5, 0.6) is 11.5 Å². The first-order chi connectivity index (χ1) is 19.2. The fraction of sp³-hybridized carbons (Fsp3) is 0.300. The first-order valence-corrected chi connectivity index (χ1v) is 13.2. The molecule has 1 amide bonds. The zero-order valence-electron chi connectivity index (χ0n) is 21.6. The molecular formula is C30H29F3N4O3. The number of benzene rings is 3. The Morgan fingerprint density at radius 2 is 1.68 bits per heavy atom. The van der Waals surface area contributed by atoms with E-state index in [0.29, 0.717) is 22.9 Å². The number of ether oxygens (including phenoxy) is 2. The van der Waals surface area contributed by atoms with Crippen molar-refractivity contribution in [2.24, 2.45) is 4.99 Å². The van der Waals surface area contributed by atoms with Gasteiger partial charge in [0.25, 0.3) is 0 Å². The molecular weight excluding hydrogens is 521 g/mol. The topological polar surface area (TPSA) is 95.8 Å². The molecule has 2 aliphatic rings. The zero-order valence-corrected chi connectivity index (χ0v) is 21.6. The maximum Gasteiger partial charge on any atom is 0.573 e.